The van der Waals surface area contributed by atoms with Crippen LogP contribution in [-0.4, -0.2) is 50.8 Å². The molecule has 2 aromatic rings. The largest absolute Gasteiger partial charge is 0.507 e. The molecule has 0 saturated heterocycles. The van der Waals surface area contributed by atoms with Crippen molar-refractivity contribution < 1.29 is 24.7 Å². The Kier molecular flexibility index (Phi) is 8.45. The molecule has 1 unspecified atom stereocenters. The van der Waals surface area contributed by atoms with Gasteiger partial charge in [0.05, 0.1) is 11.0 Å². The third-order valence-corrected chi connectivity index (χ3v) is 9.71. The lowest BCUT2D eigenvalue weighted by molar-refractivity contribution is -0.438. The van der Waals surface area contributed by atoms with E-state index in [9.17, 15) is 20.1 Å². The van der Waals surface area contributed by atoms with E-state index in [1.54, 1.807) is 12.1 Å². The molecular weight excluding hydrogens is 536 g/mol. The van der Waals surface area contributed by atoms with Gasteiger partial charge in [-0.2, -0.15) is 4.58 Å². The topological polar surface area (TPSA) is 84.0 Å². The van der Waals surface area contributed by atoms with E-state index >= 15 is 0 Å². The Morgan fingerprint density at radius 2 is 1.63 bits per heavy atom. The number of aliphatic hydroxyl groups excluding tert-OH is 2. The monoisotopic (exact) mass is 583 g/mol. The second kappa shape index (κ2) is 11.8. The van der Waals surface area contributed by atoms with Crippen LogP contribution >= 0.6 is 0 Å². The normalized spacial score (nSPS) is 21.9. The summed E-state index contributed by atoms with van der Waals surface area (Å²) in [5.41, 5.74) is 6.91. The van der Waals surface area contributed by atoms with Gasteiger partial charge in [-0.1, -0.05) is 64.7 Å². The maximum Gasteiger partial charge on any atom is 0.335 e. The molecule has 3 aliphatic rings. The summed E-state index contributed by atoms with van der Waals surface area (Å²) in [6, 6.07) is 13.7. The minimum Gasteiger partial charge on any atom is -0.507 e. The number of hydrogen-bond donors (Lipinski definition) is 3. The number of allylic oxidation sites excluding steroid dienone is 2. The zero-order valence-corrected chi connectivity index (χ0v) is 26.6. The lowest BCUT2D eigenvalue weighted by atomic mass is 9.76. The van der Waals surface area contributed by atoms with Gasteiger partial charge in [0, 0.05) is 58.6 Å². The van der Waals surface area contributed by atoms with Crippen molar-refractivity contribution in [1.29, 1.82) is 0 Å². The van der Waals surface area contributed by atoms with Crippen LogP contribution in [0.15, 0.2) is 77.2 Å². The lowest BCUT2D eigenvalue weighted by Gasteiger charge is -2.32. The first-order chi connectivity index (χ1) is 20.4. The maximum atomic E-state index is 11.8. The first-order valence-corrected chi connectivity index (χ1v) is 15.9. The van der Waals surface area contributed by atoms with Crippen molar-refractivity contribution >= 4 is 23.1 Å². The highest BCUT2D eigenvalue weighted by molar-refractivity contribution is 6.05. The third kappa shape index (κ3) is 5.24. The molecule has 43 heavy (non-hydrogen) atoms. The first kappa shape index (κ1) is 30.8. The Morgan fingerprint density at radius 3 is 2.30 bits per heavy atom. The zero-order valence-electron chi connectivity index (χ0n) is 26.6. The standard InChI is InChI=1S/C37H46N2O4/c1-7-9-10-11-12-15-20-39-30-19-18-24(35(42)43)21-28(30)37(5,6)32(39)23-26-33(40)25(34(26)41)22-31-36(3,4)27-16-13-14-17-29(27)38(31)8-2/h13-14,16-19,21-23,33,40H,7-12,15,20H2,1-6H3,(H-,41,42,43)/p+1. The molecule has 0 spiro atoms. The molecule has 6 heteroatoms. The van der Waals surface area contributed by atoms with E-state index in [1.165, 1.54) is 31.2 Å². The Hall–Kier alpha value is -3.64. The average Bonchev–Trinajstić information content (AvgIpc) is 3.33. The van der Waals surface area contributed by atoms with Gasteiger partial charge in [-0.05, 0) is 57.0 Å². The quantitative estimate of drug-likeness (QED) is 0.185. The molecule has 0 saturated carbocycles. The number of carbonyl (C=O) groups is 1. The van der Waals surface area contributed by atoms with Crippen LogP contribution in [0, 0.1) is 0 Å². The van der Waals surface area contributed by atoms with Crippen LogP contribution in [0.3, 0.4) is 0 Å². The summed E-state index contributed by atoms with van der Waals surface area (Å²) in [4.78, 5) is 14.1. The minimum atomic E-state index is -0.946. The van der Waals surface area contributed by atoms with Crippen LogP contribution < -0.4 is 4.90 Å². The fourth-order valence-corrected chi connectivity index (χ4v) is 7.11. The smallest absolute Gasteiger partial charge is 0.335 e. The maximum absolute atomic E-state index is 11.8. The molecule has 5 rings (SSSR count). The van der Waals surface area contributed by atoms with Gasteiger partial charge >= 0.3 is 5.97 Å². The zero-order chi connectivity index (χ0) is 31.1. The van der Waals surface area contributed by atoms with Crippen molar-refractivity contribution in [2.24, 2.45) is 0 Å². The van der Waals surface area contributed by atoms with E-state index in [4.69, 9.17) is 0 Å². The van der Waals surface area contributed by atoms with Gasteiger partial charge in [-0.25, -0.2) is 4.79 Å². The summed E-state index contributed by atoms with van der Waals surface area (Å²) in [6.07, 6.45) is 10.0. The predicted octanol–water partition coefficient (Wildman–Crippen LogP) is 7.94. The SMILES string of the molecule is CCCCCCCC[N+]1=C(/C=C2C(O)=C(/C=C3\N(CC)c4ccccc4C3(C)C)C\2O)C(C)(C)c2cc(C(=O)O)ccc21. The van der Waals surface area contributed by atoms with Crippen molar-refractivity contribution in [3.05, 3.63) is 93.9 Å². The predicted molar refractivity (Wildman–Crippen MR) is 174 cm³/mol. The molecule has 6 nitrogen and oxygen atoms in total. The molecule has 2 aromatic carbocycles. The van der Waals surface area contributed by atoms with Crippen molar-refractivity contribution in [2.75, 3.05) is 18.0 Å². The van der Waals surface area contributed by atoms with E-state index < -0.39 is 17.5 Å². The number of rotatable bonds is 11. The van der Waals surface area contributed by atoms with Crippen molar-refractivity contribution in [1.82, 2.24) is 0 Å². The number of nitrogens with zero attached hydrogens (tertiary/aromatic N) is 2. The van der Waals surface area contributed by atoms with Crippen LogP contribution in [0.5, 0.6) is 0 Å². The second-order valence-corrected chi connectivity index (χ2v) is 13.2. The van der Waals surface area contributed by atoms with Crippen LogP contribution in [0.1, 0.15) is 102 Å². The fraction of sp³-hybridized carbons (Fsp3) is 0.459. The lowest BCUT2D eigenvalue weighted by Crippen LogP contribution is -2.34. The Morgan fingerprint density at radius 1 is 0.930 bits per heavy atom. The summed E-state index contributed by atoms with van der Waals surface area (Å²) in [7, 11) is 0. The molecule has 0 aromatic heterocycles. The third-order valence-electron chi connectivity index (χ3n) is 9.71. The molecule has 0 amide bonds. The number of likely N-dealkylation sites (N-methyl/N-ethyl adjacent to an activating group) is 1. The van der Waals surface area contributed by atoms with E-state index in [-0.39, 0.29) is 16.7 Å². The van der Waals surface area contributed by atoms with Gasteiger partial charge in [0.1, 0.15) is 18.4 Å². The number of benzene rings is 2. The van der Waals surface area contributed by atoms with E-state index in [1.807, 2.05) is 24.3 Å². The molecular formula is C37H47N2O4+. The van der Waals surface area contributed by atoms with Crippen molar-refractivity contribution in [3.63, 3.8) is 0 Å². The highest BCUT2D eigenvalue weighted by Crippen LogP contribution is 2.49. The van der Waals surface area contributed by atoms with E-state index in [0.29, 0.717) is 11.1 Å². The summed E-state index contributed by atoms with van der Waals surface area (Å²) in [5.74, 6) is -0.827. The van der Waals surface area contributed by atoms with Crippen molar-refractivity contribution in [2.45, 2.75) is 97.0 Å². The summed E-state index contributed by atoms with van der Waals surface area (Å²) in [5, 5.41) is 32.5. The molecule has 1 aliphatic carbocycles. The van der Waals surface area contributed by atoms with Gasteiger partial charge in [-0.3, -0.25) is 0 Å². The molecule has 0 radical (unpaired) electrons. The van der Waals surface area contributed by atoms with E-state index in [2.05, 4.69) is 69.2 Å². The Balaban J connectivity index is 1.52. The number of para-hydroxylation sites is 1. The second-order valence-electron chi connectivity index (χ2n) is 13.2. The van der Waals surface area contributed by atoms with Crippen LogP contribution in [0.2, 0.25) is 0 Å². The summed E-state index contributed by atoms with van der Waals surface area (Å²) < 4.78 is 2.26. The van der Waals surface area contributed by atoms with Crippen LogP contribution in [0.4, 0.5) is 11.4 Å². The first-order valence-electron chi connectivity index (χ1n) is 15.9. The van der Waals surface area contributed by atoms with Gasteiger partial charge in [0.2, 0.25) is 5.69 Å². The molecule has 0 fully saturated rings. The minimum absolute atomic E-state index is 0.118. The highest BCUT2D eigenvalue weighted by atomic mass is 16.4. The van der Waals surface area contributed by atoms with E-state index in [0.717, 1.165) is 54.3 Å². The molecule has 0 bridgehead atoms. The van der Waals surface area contributed by atoms with Gasteiger partial charge in [0.25, 0.3) is 0 Å². The Labute approximate surface area is 256 Å². The number of hydrogen-bond acceptors (Lipinski definition) is 4. The fourth-order valence-electron chi connectivity index (χ4n) is 7.11. The molecule has 2 aliphatic heterocycles. The number of aliphatic hydroxyl groups is 2. The van der Waals surface area contributed by atoms with Crippen molar-refractivity contribution in [3.8, 4) is 0 Å². The van der Waals surface area contributed by atoms with Gasteiger partial charge in [0.15, 0.2) is 5.71 Å². The average molecular weight is 584 g/mol. The molecule has 1 atom stereocenters. The number of aromatic carboxylic acids is 1. The number of carboxylic acids is 1. The molecule has 228 valence electrons. The molecule has 2 heterocycles. The number of anilines is 1. The number of fused-ring (bicyclic) bond motifs is 2. The van der Waals surface area contributed by atoms with Crippen LogP contribution in [0.25, 0.3) is 0 Å². The number of unbranched alkanes of at least 4 members (excludes halogenated alkanes) is 5. The highest BCUT2D eigenvalue weighted by Gasteiger charge is 2.47. The van der Waals surface area contributed by atoms with Crippen LogP contribution in [-0.2, 0) is 10.8 Å². The summed E-state index contributed by atoms with van der Waals surface area (Å²) in [6.45, 7) is 14.5. The Bertz CT molecular complexity index is 1560. The molecule has 3 N–H and O–H groups in total. The van der Waals surface area contributed by atoms with Gasteiger partial charge < -0.3 is 20.2 Å². The van der Waals surface area contributed by atoms with Gasteiger partial charge in [-0.15, -0.1) is 0 Å². The summed E-state index contributed by atoms with van der Waals surface area (Å²) >= 11 is 0. The number of carboxylic acid groups (broad SMARTS) is 1.